The van der Waals surface area contributed by atoms with Crippen LogP contribution in [0.4, 0.5) is 32.2 Å². The SMILES string of the molecule is CNCCC(O)(c1ccc(C)c(-c2cnc3c(N)nc(C(F)(F)F)cn23)c1)C(F)(F)F. The van der Waals surface area contributed by atoms with Crippen molar-refractivity contribution in [3.63, 3.8) is 0 Å². The van der Waals surface area contributed by atoms with Crippen LogP contribution in [0.2, 0.25) is 0 Å². The number of aromatic nitrogens is 3. The lowest BCUT2D eigenvalue weighted by molar-refractivity contribution is -0.268. The summed E-state index contributed by atoms with van der Waals surface area (Å²) in [5, 5.41) is 13.1. The maximum atomic E-state index is 13.7. The number of anilines is 1. The average Bonchev–Trinajstić information content (AvgIpc) is 3.09. The summed E-state index contributed by atoms with van der Waals surface area (Å²) in [6.45, 7) is 1.46. The highest BCUT2D eigenvalue weighted by molar-refractivity contribution is 5.72. The first-order valence-electron chi connectivity index (χ1n) is 9.05. The zero-order valence-electron chi connectivity index (χ0n) is 16.4. The zero-order valence-corrected chi connectivity index (χ0v) is 16.4. The molecule has 168 valence electrons. The molecule has 1 aromatic carbocycles. The highest BCUT2D eigenvalue weighted by Crippen LogP contribution is 2.43. The number of nitrogens with zero attached hydrogens (tertiary/aromatic N) is 3. The lowest BCUT2D eigenvalue weighted by Gasteiger charge is -2.31. The molecule has 6 nitrogen and oxygen atoms in total. The van der Waals surface area contributed by atoms with Crippen molar-refractivity contribution in [2.45, 2.75) is 31.3 Å². The van der Waals surface area contributed by atoms with Crippen LogP contribution in [0.15, 0.2) is 30.6 Å². The van der Waals surface area contributed by atoms with Crippen molar-refractivity contribution in [3.05, 3.63) is 47.4 Å². The molecular formula is C19H19F6N5O. The van der Waals surface area contributed by atoms with Gasteiger partial charge in [0.1, 0.15) is 0 Å². The maximum Gasteiger partial charge on any atom is 0.434 e. The summed E-state index contributed by atoms with van der Waals surface area (Å²) in [7, 11) is 1.45. The number of hydrogen-bond acceptors (Lipinski definition) is 5. The van der Waals surface area contributed by atoms with Gasteiger partial charge < -0.3 is 16.2 Å². The molecule has 0 aliphatic carbocycles. The number of benzene rings is 1. The first-order chi connectivity index (χ1) is 14.3. The van der Waals surface area contributed by atoms with Crippen molar-refractivity contribution in [1.29, 1.82) is 0 Å². The molecule has 0 saturated carbocycles. The summed E-state index contributed by atoms with van der Waals surface area (Å²) in [4.78, 5) is 7.26. The van der Waals surface area contributed by atoms with Crippen molar-refractivity contribution >= 4 is 11.5 Å². The second-order valence-corrected chi connectivity index (χ2v) is 7.09. The molecule has 0 radical (unpaired) electrons. The summed E-state index contributed by atoms with van der Waals surface area (Å²) >= 11 is 0. The van der Waals surface area contributed by atoms with Crippen molar-refractivity contribution in [2.24, 2.45) is 0 Å². The highest BCUT2D eigenvalue weighted by Gasteiger charge is 2.54. The Bertz CT molecular complexity index is 1110. The van der Waals surface area contributed by atoms with Crippen LogP contribution in [0.3, 0.4) is 0 Å². The molecule has 4 N–H and O–H groups in total. The number of imidazole rings is 1. The zero-order chi connectivity index (χ0) is 23.2. The van der Waals surface area contributed by atoms with Crippen molar-refractivity contribution in [2.75, 3.05) is 19.3 Å². The van der Waals surface area contributed by atoms with Crippen LogP contribution < -0.4 is 11.1 Å². The van der Waals surface area contributed by atoms with Gasteiger partial charge in [0.2, 0.25) is 0 Å². The largest absolute Gasteiger partial charge is 0.434 e. The number of hydrogen-bond donors (Lipinski definition) is 3. The Labute approximate surface area is 172 Å². The van der Waals surface area contributed by atoms with Gasteiger partial charge in [0, 0.05) is 18.2 Å². The first-order valence-corrected chi connectivity index (χ1v) is 9.05. The molecular weight excluding hydrogens is 428 g/mol. The fourth-order valence-electron chi connectivity index (χ4n) is 3.26. The van der Waals surface area contributed by atoms with Crippen LogP contribution in [-0.2, 0) is 11.8 Å². The molecule has 0 bridgehead atoms. The molecule has 0 aliphatic rings. The fourth-order valence-corrected chi connectivity index (χ4v) is 3.26. The number of alkyl halides is 6. The Balaban J connectivity index is 2.23. The maximum absolute atomic E-state index is 13.7. The molecule has 0 spiro atoms. The van der Waals surface area contributed by atoms with Crippen LogP contribution in [-0.4, -0.2) is 39.2 Å². The summed E-state index contributed by atoms with van der Waals surface area (Å²) in [6.07, 6.45) is -8.55. The summed E-state index contributed by atoms with van der Waals surface area (Å²) < 4.78 is 81.7. The summed E-state index contributed by atoms with van der Waals surface area (Å²) in [5.74, 6) is -0.476. The Morgan fingerprint density at radius 1 is 1.16 bits per heavy atom. The smallest absolute Gasteiger partial charge is 0.381 e. The van der Waals surface area contributed by atoms with Crippen molar-refractivity contribution in [1.82, 2.24) is 19.7 Å². The normalized spacial score (nSPS) is 14.7. The van der Waals surface area contributed by atoms with Crippen LogP contribution in [0.5, 0.6) is 0 Å². The van der Waals surface area contributed by atoms with Gasteiger partial charge in [-0.2, -0.15) is 26.3 Å². The van der Waals surface area contributed by atoms with Gasteiger partial charge in [0.05, 0.1) is 11.9 Å². The van der Waals surface area contributed by atoms with Gasteiger partial charge in [0.15, 0.2) is 22.8 Å². The Kier molecular flexibility index (Phi) is 5.65. The van der Waals surface area contributed by atoms with Gasteiger partial charge in [0.25, 0.3) is 0 Å². The number of aryl methyl sites for hydroxylation is 1. The van der Waals surface area contributed by atoms with Crippen molar-refractivity contribution < 1.29 is 31.4 Å². The Hall–Kier alpha value is -2.86. The van der Waals surface area contributed by atoms with E-state index in [2.05, 4.69) is 15.3 Å². The van der Waals surface area contributed by atoms with E-state index in [1.807, 2.05) is 0 Å². The molecule has 3 rings (SSSR count). The standard InChI is InChI=1S/C19H19F6N5O/c1-10-3-4-11(17(31,5-6-27-2)19(23,24)25)7-12(10)13-8-28-16-15(26)29-14(9-30(13)16)18(20,21)22/h3-4,7-9,27,31H,5-6H2,1-2H3,(H2,26,29). The van der Waals surface area contributed by atoms with E-state index in [0.717, 1.165) is 16.5 Å². The van der Waals surface area contributed by atoms with Gasteiger partial charge in [-0.25, -0.2) is 9.97 Å². The van der Waals surface area contributed by atoms with E-state index in [9.17, 15) is 31.4 Å². The van der Waals surface area contributed by atoms with E-state index in [4.69, 9.17) is 5.73 Å². The van der Waals surface area contributed by atoms with Gasteiger partial charge in [-0.3, -0.25) is 4.40 Å². The molecule has 0 aliphatic heterocycles. The molecule has 3 aromatic rings. The predicted octanol–water partition coefficient (Wildman–Crippen LogP) is 3.67. The molecule has 12 heteroatoms. The third kappa shape index (κ3) is 4.04. The minimum Gasteiger partial charge on any atom is -0.381 e. The van der Waals surface area contributed by atoms with E-state index in [1.54, 1.807) is 6.92 Å². The number of halogens is 6. The van der Waals surface area contributed by atoms with Crippen LogP contribution in [0, 0.1) is 6.92 Å². The summed E-state index contributed by atoms with van der Waals surface area (Å²) in [5.41, 5.74) is 1.36. The number of nitrogens with two attached hydrogens (primary N) is 1. The number of aliphatic hydroxyl groups is 1. The molecule has 0 fully saturated rings. The highest BCUT2D eigenvalue weighted by atomic mass is 19.4. The van der Waals surface area contributed by atoms with Gasteiger partial charge in [-0.05, 0) is 37.7 Å². The minimum absolute atomic E-state index is 0.0749. The van der Waals surface area contributed by atoms with E-state index >= 15 is 0 Å². The minimum atomic E-state index is -4.98. The molecule has 1 unspecified atom stereocenters. The molecule has 31 heavy (non-hydrogen) atoms. The topological polar surface area (TPSA) is 88.5 Å². The van der Waals surface area contributed by atoms with Crippen LogP contribution in [0.25, 0.3) is 16.9 Å². The van der Waals surface area contributed by atoms with E-state index < -0.39 is 41.4 Å². The monoisotopic (exact) mass is 447 g/mol. The van der Waals surface area contributed by atoms with Gasteiger partial charge in [-0.1, -0.05) is 12.1 Å². The molecule has 1 atom stereocenters. The Morgan fingerprint density at radius 2 is 1.84 bits per heavy atom. The molecule has 0 amide bonds. The van der Waals surface area contributed by atoms with Crippen molar-refractivity contribution in [3.8, 4) is 11.3 Å². The van der Waals surface area contributed by atoms with Gasteiger partial charge >= 0.3 is 12.4 Å². The predicted molar refractivity (Wildman–Crippen MR) is 101 cm³/mol. The second-order valence-electron chi connectivity index (χ2n) is 7.09. The first kappa shape index (κ1) is 22.8. The molecule has 2 aromatic heterocycles. The number of fused-ring (bicyclic) bond motifs is 1. The van der Waals surface area contributed by atoms with Gasteiger partial charge in [-0.15, -0.1) is 0 Å². The number of rotatable bonds is 5. The number of nitrogen functional groups attached to an aromatic ring is 1. The van der Waals surface area contributed by atoms with E-state index in [-0.39, 0.29) is 23.4 Å². The Morgan fingerprint density at radius 3 is 2.42 bits per heavy atom. The second kappa shape index (κ2) is 7.68. The quantitative estimate of drug-likeness (QED) is 0.520. The number of nitrogens with one attached hydrogen (secondary N) is 1. The molecule has 0 saturated heterocycles. The lowest BCUT2D eigenvalue weighted by Crippen LogP contribution is -2.44. The van der Waals surface area contributed by atoms with E-state index in [0.29, 0.717) is 11.8 Å². The van der Waals surface area contributed by atoms with E-state index in [1.165, 1.54) is 19.3 Å². The third-order valence-electron chi connectivity index (χ3n) is 5.01. The van der Waals surface area contributed by atoms with Crippen LogP contribution >= 0.6 is 0 Å². The average molecular weight is 447 g/mol. The molecule has 2 heterocycles. The third-order valence-corrected chi connectivity index (χ3v) is 5.01. The summed E-state index contributed by atoms with van der Waals surface area (Å²) in [6, 6.07) is 3.60. The lowest BCUT2D eigenvalue weighted by atomic mass is 9.87. The fraction of sp³-hybridized carbons (Fsp3) is 0.368. The van der Waals surface area contributed by atoms with Crippen LogP contribution in [0.1, 0.15) is 23.2 Å².